The van der Waals surface area contributed by atoms with Crippen molar-refractivity contribution < 1.29 is 4.74 Å². The van der Waals surface area contributed by atoms with Crippen LogP contribution in [-0.4, -0.2) is 5.72 Å². The monoisotopic (exact) mass is 403 g/mol. The van der Waals surface area contributed by atoms with Crippen LogP contribution < -0.4 is 9.64 Å². The Morgan fingerprint density at radius 1 is 0.774 bits per heavy atom. The van der Waals surface area contributed by atoms with Gasteiger partial charge in [0.15, 0.2) is 0 Å². The molecule has 1 unspecified atom stereocenters. The molecule has 0 bridgehead atoms. The summed E-state index contributed by atoms with van der Waals surface area (Å²) in [5.74, 6) is 0.945. The lowest BCUT2D eigenvalue weighted by Gasteiger charge is -2.47. The van der Waals surface area contributed by atoms with Crippen LogP contribution in [0.5, 0.6) is 5.75 Å². The van der Waals surface area contributed by atoms with Crippen LogP contribution in [0.15, 0.2) is 97.1 Å². The average molecular weight is 404 g/mol. The maximum atomic E-state index is 7.01. The third-order valence-corrected chi connectivity index (χ3v) is 7.02. The van der Waals surface area contributed by atoms with Crippen molar-refractivity contribution in [1.29, 1.82) is 0 Å². The molecule has 31 heavy (non-hydrogen) atoms. The van der Waals surface area contributed by atoms with E-state index in [0.29, 0.717) is 0 Å². The highest BCUT2D eigenvalue weighted by Crippen LogP contribution is 2.55. The highest BCUT2D eigenvalue weighted by atomic mass is 16.5. The highest BCUT2D eigenvalue weighted by Gasteiger charge is 2.58. The minimum atomic E-state index is -0.595. The van der Waals surface area contributed by atoms with Crippen LogP contribution >= 0.6 is 0 Å². The molecule has 0 amide bonds. The van der Waals surface area contributed by atoms with Gasteiger partial charge < -0.3 is 9.64 Å². The number of ether oxygens (including phenoxy) is 1. The van der Waals surface area contributed by atoms with Crippen molar-refractivity contribution in [2.45, 2.75) is 31.5 Å². The summed E-state index contributed by atoms with van der Waals surface area (Å²) in [5.41, 5.74) is 4.18. The van der Waals surface area contributed by atoms with Gasteiger partial charge in [-0.2, -0.15) is 0 Å². The summed E-state index contributed by atoms with van der Waals surface area (Å²) in [6.45, 7) is 5.38. The van der Waals surface area contributed by atoms with Crippen molar-refractivity contribution >= 4 is 22.5 Å². The van der Waals surface area contributed by atoms with Gasteiger partial charge in [-0.05, 0) is 60.0 Å². The van der Waals surface area contributed by atoms with Crippen molar-refractivity contribution in [1.82, 2.24) is 0 Å². The smallest absolute Gasteiger partial charge is 0.212 e. The van der Waals surface area contributed by atoms with E-state index in [9.17, 15) is 0 Å². The molecular weight excluding hydrogens is 378 g/mol. The first kappa shape index (κ1) is 18.3. The van der Waals surface area contributed by atoms with Crippen molar-refractivity contribution in [2.24, 2.45) is 0 Å². The van der Waals surface area contributed by atoms with Gasteiger partial charge in [0.25, 0.3) is 0 Å². The number of fused-ring (bicyclic) bond motifs is 4. The second-order valence-electron chi connectivity index (χ2n) is 9.04. The van der Waals surface area contributed by atoms with E-state index < -0.39 is 5.72 Å². The molecule has 2 nitrogen and oxygen atoms in total. The standard InChI is InChI=1S/C29H25NO/c1-28(2)25-14-8-9-15-26(25)30(20-21-10-4-3-5-11-21)29(28)19-18-24-23-13-7-6-12-22(23)16-17-27(24)31-29/h3-19H,20H2,1-2H3. The summed E-state index contributed by atoms with van der Waals surface area (Å²) in [6, 6.07) is 32.2. The summed E-state index contributed by atoms with van der Waals surface area (Å²) in [6.07, 6.45) is 4.55. The van der Waals surface area contributed by atoms with Crippen molar-refractivity contribution in [3.8, 4) is 5.75 Å². The van der Waals surface area contributed by atoms with Crippen molar-refractivity contribution in [3.05, 3.63) is 114 Å². The summed E-state index contributed by atoms with van der Waals surface area (Å²) in [4.78, 5) is 2.44. The van der Waals surface area contributed by atoms with Gasteiger partial charge in [0, 0.05) is 17.8 Å². The minimum absolute atomic E-state index is 0.224. The molecule has 2 heteroatoms. The maximum Gasteiger partial charge on any atom is 0.212 e. The number of rotatable bonds is 2. The summed E-state index contributed by atoms with van der Waals surface area (Å²) in [7, 11) is 0. The Bertz CT molecular complexity index is 1320. The molecular formula is C29H25NO. The van der Waals surface area contributed by atoms with E-state index in [1.54, 1.807) is 0 Å². The van der Waals surface area contributed by atoms with Crippen LogP contribution in [0.4, 0.5) is 5.69 Å². The van der Waals surface area contributed by atoms with E-state index in [0.717, 1.165) is 17.9 Å². The van der Waals surface area contributed by atoms with Crippen LogP contribution in [0.25, 0.3) is 16.8 Å². The fourth-order valence-corrected chi connectivity index (χ4v) is 5.33. The highest BCUT2D eigenvalue weighted by molar-refractivity contribution is 5.94. The van der Waals surface area contributed by atoms with Gasteiger partial charge in [-0.1, -0.05) is 78.9 Å². The molecule has 4 aromatic rings. The molecule has 2 heterocycles. The first-order valence-corrected chi connectivity index (χ1v) is 10.9. The Balaban J connectivity index is 1.54. The van der Waals surface area contributed by atoms with E-state index >= 15 is 0 Å². The lowest BCUT2D eigenvalue weighted by molar-refractivity contribution is 0.0523. The van der Waals surface area contributed by atoms with E-state index in [4.69, 9.17) is 4.74 Å². The van der Waals surface area contributed by atoms with E-state index in [1.165, 1.54) is 27.6 Å². The third-order valence-electron chi connectivity index (χ3n) is 7.02. The lowest BCUT2D eigenvalue weighted by atomic mass is 9.76. The molecule has 0 aromatic heterocycles. The van der Waals surface area contributed by atoms with E-state index in [2.05, 4.69) is 122 Å². The van der Waals surface area contributed by atoms with Crippen molar-refractivity contribution in [2.75, 3.05) is 4.90 Å². The molecule has 6 rings (SSSR count). The Morgan fingerprint density at radius 3 is 2.39 bits per heavy atom. The number of benzene rings is 4. The third kappa shape index (κ3) is 2.51. The van der Waals surface area contributed by atoms with Crippen LogP contribution in [0.3, 0.4) is 0 Å². The first-order valence-electron chi connectivity index (χ1n) is 10.9. The molecule has 1 atom stereocenters. The molecule has 2 aliphatic rings. The molecule has 152 valence electrons. The fourth-order valence-electron chi connectivity index (χ4n) is 5.33. The molecule has 0 saturated carbocycles. The van der Waals surface area contributed by atoms with Crippen LogP contribution in [0.1, 0.15) is 30.5 Å². The van der Waals surface area contributed by atoms with Crippen LogP contribution in [-0.2, 0) is 12.0 Å². The zero-order chi connectivity index (χ0) is 21.1. The molecule has 0 saturated heterocycles. The number of hydrogen-bond donors (Lipinski definition) is 0. The van der Waals surface area contributed by atoms with E-state index in [1.807, 2.05) is 0 Å². The van der Waals surface area contributed by atoms with Crippen LogP contribution in [0, 0.1) is 0 Å². The molecule has 0 N–H and O–H groups in total. The Morgan fingerprint density at radius 2 is 1.52 bits per heavy atom. The summed E-state index contributed by atoms with van der Waals surface area (Å²) >= 11 is 0. The molecule has 0 fully saturated rings. The summed E-state index contributed by atoms with van der Waals surface area (Å²) < 4.78 is 7.01. The zero-order valence-corrected chi connectivity index (χ0v) is 17.9. The van der Waals surface area contributed by atoms with Crippen molar-refractivity contribution in [3.63, 3.8) is 0 Å². The average Bonchev–Trinajstić information content (AvgIpc) is 2.98. The molecule has 0 aliphatic carbocycles. The molecule has 2 aliphatic heterocycles. The first-order chi connectivity index (χ1) is 15.1. The molecule has 4 aromatic carbocycles. The Hall–Kier alpha value is -3.52. The quantitative estimate of drug-likeness (QED) is 0.359. The number of anilines is 1. The summed E-state index contributed by atoms with van der Waals surface area (Å²) in [5, 5.41) is 2.47. The predicted octanol–water partition coefficient (Wildman–Crippen LogP) is 6.94. The number of para-hydroxylation sites is 1. The van der Waals surface area contributed by atoms with Gasteiger partial charge in [0.2, 0.25) is 5.72 Å². The second kappa shape index (κ2) is 6.49. The predicted molar refractivity (Wildman–Crippen MR) is 128 cm³/mol. The fraction of sp³-hybridized carbons (Fsp3) is 0.172. The second-order valence-corrected chi connectivity index (χ2v) is 9.04. The van der Waals surface area contributed by atoms with Gasteiger partial charge in [-0.25, -0.2) is 0 Å². The number of nitrogens with zero attached hydrogens (tertiary/aromatic N) is 1. The Labute approximate surface area is 183 Å². The molecule has 1 spiro atoms. The Kier molecular flexibility index (Phi) is 3.82. The lowest BCUT2D eigenvalue weighted by Crippen LogP contribution is -2.59. The number of hydrogen-bond acceptors (Lipinski definition) is 2. The van der Waals surface area contributed by atoms with Gasteiger partial charge in [0.05, 0.1) is 5.41 Å². The minimum Gasteiger partial charge on any atom is -0.463 e. The zero-order valence-electron chi connectivity index (χ0n) is 17.9. The van der Waals surface area contributed by atoms with Gasteiger partial charge in [-0.3, -0.25) is 0 Å². The van der Waals surface area contributed by atoms with Gasteiger partial charge in [-0.15, -0.1) is 0 Å². The van der Waals surface area contributed by atoms with Gasteiger partial charge in [0.1, 0.15) is 5.75 Å². The normalized spacial score (nSPS) is 20.5. The topological polar surface area (TPSA) is 12.5 Å². The SMILES string of the molecule is CC1(C)c2ccccc2N(Cc2ccccc2)C12C=Cc1c(ccc3ccccc13)O2. The largest absolute Gasteiger partial charge is 0.463 e. The van der Waals surface area contributed by atoms with E-state index in [-0.39, 0.29) is 5.41 Å². The van der Waals surface area contributed by atoms with Gasteiger partial charge >= 0.3 is 0 Å². The molecule has 0 radical (unpaired) electrons. The maximum absolute atomic E-state index is 7.01. The van der Waals surface area contributed by atoms with Crippen LogP contribution in [0.2, 0.25) is 0 Å².